The first-order chi connectivity index (χ1) is 37.2. The van der Waals surface area contributed by atoms with Crippen molar-refractivity contribution in [2.24, 2.45) is 0 Å². The maximum Gasteiger partial charge on any atom is 0.0159 e. The molecule has 0 heterocycles. The zero-order valence-corrected chi connectivity index (χ0v) is 43.1. The van der Waals surface area contributed by atoms with Crippen LogP contribution in [0.4, 0.5) is 0 Å². The van der Waals surface area contributed by atoms with Crippen LogP contribution in [0.3, 0.4) is 0 Å². The van der Waals surface area contributed by atoms with Crippen molar-refractivity contribution in [3.8, 4) is 66.8 Å². The monoisotopic (exact) mass is 964 g/mol. The van der Waals surface area contributed by atoms with Gasteiger partial charge in [-0.3, -0.25) is 0 Å². The molecule has 16 rings (SSSR count). The summed E-state index contributed by atoms with van der Waals surface area (Å²) < 4.78 is 0. The molecule has 0 radical (unpaired) electrons. The third-order valence-corrected chi connectivity index (χ3v) is 18.0. The van der Waals surface area contributed by atoms with Gasteiger partial charge in [0.05, 0.1) is 0 Å². The predicted molar refractivity (Wildman–Crippen MR) is 326 cm³/mol. The van der Waals surface area contributed by atoms with Gasteiger partial charge in [-0.25, -0.2) is 0 Å². The Hall–Kier alpha value is -9.10. The molecule has 0 spiro atoms. The Bertz CT molecular complexity index is 4440. The fraction of sp³-hybridized carbons (Fsp3) is 0.0789. The Morgan fingerprint density at radius 1 is 0.197 bits per heavy atom. The molecule has 0 heteroatoms. The van der Waals surface area contributed by atoms with Crippen molar-refractivity contribution in [3.05, 3.63) is 265 Å². The Kier molecular flexibility index (Phi) is 8.96. The van der Waals surface area contributed by atoms with E-state index in [4.69, 9.17) is 0 Å². The molecule has 0 fully saturated rings. The minimum Gasteiger partial charge on any atom is -0.0616 e. The van der Waals surface area contributed by atoms with Crippen LogP contribution in [0.15, 0.2) is 243 Å². The lowest BCUT2D eigenvalue weighted by Crippen LogP contribution is -2.15. The van der Waals surface area contributed by atoms with Crippen LogP contribution in [0.1, 0.15) is 49.9 Å². The summed E-state index contributed by atoms with van der Waals surface area (Å²) in [6.45, 7) is 9.73. The van der Waals surface area contributed by atoms with Crippen LogP contribution in [0.25, 0.3) is 142 Å². The van der Waals surface area contributed by atoms with Crippen LogP contribution < -0.4 is 0 Å². The summed E-state index contributed by atoms with van der Waals surface area (Å²) >= 11 is 0. The molecule has 0 nitrogen and oxygen atoms in total. The van der Waals surface area contributed by atoms with Gasteiger partial charge in [-0.15, -0.1) is 0 Å². The molecular formula is C76H52. The first kappa shape index (κ1) is 43.3. The molecule has 0 saturated carbocycles. The minimum absolute atomic E-state index is 0.202. The van der Waals surface area contributed by atoms with E-state index in [2.05, 4.69) is 270 Å². The molecule has 2 aliphatic rings. The molecule has 0 amide bonds. The molecule has 14 aromatic carbocycles. The Morgan fingerprint density at radius 3 is 0.789 bits per heavy atom. The van der Waals surface area contributed by atoms with Crippen molar-refractivity contribution in [3.63, 3.8) is 0 Å². The van der Waals surface area contributed by atoms with Crippen LogP contribution in [0.2, 0.25) is 0 Å². The lowest BCUT2D eigenvalue weighted by atomic mass is 9.79. The fourth-order valence-corrected chi connectivity index (χ4v) is 14.4. The second-order valence-electron chi connectivity index (χ2n) is 22.6. The van der Waals surface area contributed by atoms with Gasteiger partial charge in [-0.05, 0) is 189 Å². The number of benzene rings is 14. The molecule has 0 atom stereocenters. The highest BCUT2D eigenvalue weighted by Crippen LogP contribution is 2.58. The van der Waals surface area contributed by atoms with Gasteiger partial charge in [-0.1, -0.05) is 246 Å². The van der Waals surface area contributed by atoms with E-state index in [-0.39, 0.29) is 10.8 Å². The zero-order valence-electron chi connectivity index (χ0n) is 43.1. The molecule has 14 aromatic rings. The number of hydrogen-bond donors (Lipinski definition) is 0. The van der Waals surface area contributed by atoms with E-state index in [0.717, 1.165) is 0 Å². The lowest BCUT2D eigenvalue weighted by molar-refractivity contribution is 0.660. The lowest BCUT2D eigenvalue weighted by Gasteiger charge is -2.24. The number of fused-ring (bicyclic) bond motifs is 15. The predicted octanol–water partition coefficient (Wildman–Crippen LogP) is 21.0. The SMILES string of the molecule is CC1(C)c2cc(-c3c4ccccc4c(-c4ccc5ccccc5c4)c4ccccc34)ccc2-c2c1ccc1c3c(ccc21)C(C)(C)c1cc(-c2c4ccccc4c(-c4ccc5ccccc5c4)c4ccccc24)ccc1-3. The van der Waals surface area contributed by atoms with E-state index in [1.54, 1.807) is 0 Å². The van der Waals surface area contributed by atoms with Crippen LogP contribution in [0.5, 0.6) is 0 Å². The highest BCUT2D eigenvalue weighted by Gasteiger charge is 2.40. The summed E-state index contributed by atoms with van der Waals surface area (Å²) in [5, 5.41) is 17.9. The third kappa shape index (κ3) is 5.96. The van der Waals surface area contributed by atoms with Crippen LogP contribution in [-0.4, -0.2) is 0 Å². The van der Waals surface area contributed by atoms with Gasteiger partial charge in [0.15, 0.2) is 0 Å². The third-order valence-electron chi connectivity index (χ3n) is 18.0. The Labute approximate surface area is 443 Å². The molecule has 0 N–H and O–H groups in total. The van der Waals surface area contributed by atoms with E-state index in [1.165, 1.54) is 164 Å². The van der Waals surface area contributed by atoms with E-state index in [9.17, 15) is 0 Å². The average Bonchev–Trinajstić information content (AvgIpc) is 4.05. The summed E-state index contributed by atoms with van der Waals surface area (Å²) in [7, 11) is 0. The molecule has 0 bridgehead atoms. The normalized spacial score (nSPS) is 14.0. The molecule has 0 aliphatic heterocycles. The summed E-state index contributed by atoms with van der Waals surface area (Å²) in [6.07, 6.45) is 0. The van der Waals surface area contributed by atoms with Crippen LogP contribution >= 0.6 is 0 Å². The second kappa shape index (κ2) is 15.7. The highest BCUT2D eigenvalue weighted by molar-refractivity contribution is 6.24. The van der Waals surface area contributed by atoms with Crippen molar-refractivity contribution >= 4 is 75.4 Å². The summed E-state index contributed by atoms with van der Waals surface area (Å²) in [5.41, 5.74) is 20.8. The minimum atomic E-state index is -0.202. The first-order valence-electron chi connectivity index (χ1n) is 27.0. The van der Waals surface area contributed by atoms with Crippen LogP contribution in [0, 0.1) is 0 Å². The highest BCUT2D eigenvalue weighted by atomic mass is 14.4. The van der Waals surface area contributed by atoms with Gasteiger partial charge in [-0.2, -0.15) is 0 Å². The van der Waals surface area contributed by atoms with Crippen molar-refractivity contribution < 1.29 is 0 Å². The van der Waals surface area contributed by atoms with E-state index < -0.39 is 0 Å². The molecule has 0 aromatic heterocycles. The smallest absolute Gasteiger partial charge is 0.0159 e. The van der Waals surface area contributed by atoms with Gasteiger partial charge in [0.1, 0.15) is 0 Å². The van der Waals surface area contributed by atoms with E-state index in [1.807, 2.05) is 0 Å². The summed E-state index contributed by atoms with van der Waals surface area (Å²) in [4.78, 5) is 0. The van der Waals surface area contributed by atoms with Crippen molar-refractivity contribution in [1.29, 1.82) is 0 Å². The largest absolute Gasteiger partial charge is 0.0616 e. The van der Waals surface area contributed by atoms with Crippen molar-refractivity contribution in [1.82, 2.24) is 0 Å². The van der Waals surface area contributed by atoms with E-state index >= 15 is 0 Å². The van der Waals surface area contributed by atoms with Gasteiger partial charge in [0.25, 0.3) is 0 Å². The molecule has 356 valence electrons. The first-order valence-corrected chi connectivity index (χ1v) is 27.0. The summed E-state index contributed by atoms with van der Waals surface area (Å²) in [6, 6.07) is 92.0. The van der Waals surface area contributed by atoms with Crippen molar-refractivity contribution in [2.45, 2.75) is 38.5 Å². The molecule has 76 heavy (non-hydrogen) atoms. The number of rotatable bonds is 4. The Balaban J connectivity index is 0.844. The fourth-order valence-electron chi connectivity index (χ4n) is 14.4. The summed E-state index contributed by atoms with van der Waals surface area (Å²) in [5.74, 6) is 0. The maximum atomic E-state index is 2.53. The average molecular weight is 965 g/mol. The quantitative estimate of drug-likeness (QED) is 0.154. The molecule has 2 aliphatic carbocycles. The van der Waals surface area contributed by atoms with Gasteiger partial charge >= 0.3 is 0 Å². The second-order valence-corrected chi connectivity index (χ2v) is 22.6. The van der Waals surface area contributed by atoms with Gasteiger partial charge < -0.3 is 0 Å². The van der Waals surface area contributed by atoms with Gasteiger partial charge in [0, 0.05) is 10.8 Å². The van der Waals surface area contributed by atoms with E-state index in [0.29, 0.717) is 0 Å². The number of hydrogen-bond acceptors (Lipinski definition) is 0. The molecule has 0 unspecified atom stereocenters. The molecule has 0 saturated heterocycles. The zero-order chi connectivity index (χ0) is 50.6. The van der Waals surface area contributed by atoms with Gasteiger partial charge in [0.2, 0.25) is 0 Å². The molecular weight excluding hydrogens is 913 g/mol. The maximum absolute atomic E-state index is 2.53. The van der Waals surface area contributed by atoms with Crippen LogP contribution in [-0.2, 0) is 10.8 Å². The standard InChI is InChI=1S/C76H52/c1-75(2)65-39-37-62-61(73(65)63-35-33-51(43-67(63)75)71-57-25-13-9-21-53(57)69(54-22-10-14-26-58(54)71)49-31-29-45-17-5-7-19-47(45)41-49)38-40-66-74(62)64-36-34-52(44-68(64)76(66,3)4)72-59-27-15-11-23-55(59)70(56-24-12-16-28-60(56)72)50-32-30-46-18-6-8-20-48(46)42-50/h5-44H,1-4H3. The van der Waals surface area contributed by atoms with Crippen molar-refractivity contribution in [2.75, 3.05) is 0 Å². The topological polar surface area (TPSA) is 0 Å². The Morgan fingerprint density at radius 2 is 0.461 bits per heavy atom.